The van der Waals surface area contributed by atoms with Crippen LogP contribution < -0.4 is 0 Å². The van der Waals surface area contributed by atoms with Crippen molar-refractivity contribution in [1.29, 1.82) is 0 Å². The van der Waals surface area contributed by atoms with E-state index in [0.717, 1.165) is 5.56 Å². The molecule has 2 rings (SSSR count). The Morgan fingerprint density at radius 3 is 2.11 bits per heavy atom. The third kappa shape index (κ3) is 2.76. The fourth-order valence-corrected chi connectivity index (χ4v) is 1.47. The standard InChI is InChI=1S/C13H10N2O3/c16-12(8-9-4-2-1-3-5-9)10-6-7-11(13(17)18)15-14-10/h1-7H,8H2,(H,17,18). The van der Waals surface area contributed by atoms with Gasteiger partial charge in [0, 0.05) is 6.42 Å². The summed E-state index contributed by atoms with van der Waals surface area (Å²) in [5.74, 6) is -1.35. The van der Waals surface area contributed by atoms with Crippen molar-refractivity contribution in [3.05, 3.63) is 59.4 Å². The van der Waals surface area contributed by atoms with Gasteiger partial charge >= 0.3 is 5.97 Å². The molecular formula is C13H10N2O3. The molecular weight excluding hydrogens is 232 g/mol. The number of aromatic carboxylic acids is 1. The summed E-state index contributed by atoms with van der Waals surface area (Å²) in [4.78, 5) is 22.4. The van der Waals surface area contributed by atoms with Crippen molar-refractivity contribution in [2.75, 3.05) is 0 Å². The van der Waals surface area contributed by atoms with Gasteiger partial charge in [-0.05, 0) is 17.7 Å². The monoisotopic (exact) mass is 242 g/mol. The maximum absolute atomic E-state index is 11.8. The predicted octanol–water partition coefficient (Wildman–Crippen LogP) is 1.60. The van der Waals surface area contributed by atoms with Gasteiger partial charge in [-0.2, -0.15) is 0 Å². The molecule has 0 fully saturated rings. The van der Waals surface area contributed by atoms with Gasteiger partial charge in [-0.1, -0.05) is 30.3 Å². The summed E-state index contributed by atoms with van der Waals surface area (Å²) in [6.07, 6.45) is 0.224. The third-order valence-corrected chi connectivity index (χ3v) is 2.38. The van der Waals surface area contributed by atoms with Crippen LogP contribution in [0.4, 0.5) is 0 Å². The lowest BCUT2D eigenvalue weighted by Gasteiger charge is -2.00. The van der Waals surface area contributed by atoms with Gasteiger partial charge in [-0.15, -0.1) is 10.2 Å². The highest BCUT2D eigenvalue weighted by molar-refractivity contribution is 5.96. The number of benzene rings is 1. The molecule has 0 aliphatic carbocycles. The van der Waals surface area contributed by atoms with Crippen molar-refractivity contribution in [1.82, 2.24) is 10.2 Å². The summed E-state index contributed by atoms with van der Waals surface area (Å²) in [7, 11) is 0. The van der Waals surface area contributed by atoms with Crippen molar-refractivity contribution < 1.29 is 14.7 Å². The van der Waals surface area contributed by atoms with Gasteiger partial charge in [0.2, 0.25) is 0 Å². The Morgan fingerprint density at radius 1 is 0.944 bits per heavy atom. The maximum atomic E-state index is 11.8. The maximum Gasteiger partial charge on any atom is 0.356 e. The number of carboxylic acid groups (broad SMARTS) is 1. The minimum absolute atomic E-state index is 0.170. The molecule has 90 valence electrons. The Hall–Kier alpha value is -2.56. The highest BCUT2D eigenvalue weighted by atomic mass is 16.4. The minimum atomic E-state index is -1.16. The first kappa shape index (κ1) is 11.9. The Morgan fingerprint density at radius 2 is 1.56 bits per heavy atom. The number of aromatic nitrogens is 2. The van der Waals surface area contributed by atoms with Crippen LogP contribution in [0.1, 0.15) is 26.5 Å². The Labute approximate surface area is 103 Å². The molecule has 5 heteroatoms. The SMILES string of the molecule is O=C(O)c1ccc(C(=O)Cc2ccccc2)nn1. The van der Waals surface area contributed by atoms with Gasteiger partial charge in [0.15, 0.2) is 11.5 Å². The van der Waals surface area contributed by atoms with E-state index in [1.807, 2.05) is 30.3 Å². The topological polar surface area (TPSA) is 80.1 Å². The van der Waals surface area contributed by atoms with Gasteiger partial charge in [0.1, 0.15) is 5.69 Å². The fourth-order valence-electron chi connectivity index (χ4n) is 1.47. The minimum Gasteiger partial charge on any atom is -0.476 e. The van der Waals surface area contributed by atoms with E-state index in [2.05, 4.69) is 10.2 Å². The number of carboxylic acids is 1. The number of ketones is 1. The quantitative estimate of drug-likeness (QED) is 0.823. The molecule has 0 unspecified atom stereocenters. The molecule has 0 radical (unpaired) electrons. The number of carbonyl (C=O) groups is 2. The van der Waals surface area contributed by atoms with Crippen LogP contribution in [-0.4, -0.2) is 27.1 Å². The number of hydrogen-bond donors (Lipinski definition) is 1. The summed E-state index contributed by atoms with van der Waals surface area (Å²) in [5, 5.41) is 15.7. The molecule has 1 N–H and O–H groups in total. The van der Waals surface area contributed by atoms with E-state index in [9.17, 15) is 9.59 Å². The molecule has 0 aliphatic heterocycles. The summed E-state index contributed by atoms with van der Waals surface area (Å²) < 4.78 is 0. The molecule has 0 spiro atoms. The molecule has 2 aromatic rings. The van der Waals surface area contributed by atoms with E-state index in [1.165, 1.54) is 12.1 Å². The van der Waals surface area contributed by atoms with Crippen molar-refractivity contribution in [3.8, 4) is 0 Å². The van der Waals surface area contributed by atoms with Gasteiger partial charge in [0.25, 0.3) is 0 Å². The first-order valence-corrected chi connectivity index (χ1v) is 5.31. The van der Waals surface area contributed by atoms with Crippen LogP contribution in [0.3, 0.4) is 0 Å². The van der Waals surface area contributed by atoms with Gasteiger partial charge in [-0.3, -0.25) is 4.79 Å². The van der Waals surface area contributed by atoms with E-state index >= 15 is 0 Å². The lowest BCUT2D eigenvalue weighted by molar-refractivity contribution is 0.0688. The zero-order chi connectivity index (χ0) is 13.0. The highest BCUT2D eigenvalue weighted by Crippen LogP contribution is 2.05. The molecule has 0 bridgehead atoms. The lowest BCUT2D eigenvalue weighted by Crippen LogP contribution is -2.09. The smallest absolute Gasteiger partial charge is 0.356 e. The molecule has 0 saturated heterocycles. The molecule has 0 saturated carbocycles. The molecule has 1 aromatic heterocycles. The summed E-state index contributed by atoms with van der Waals surface area (Å²) in [6.45, 7) is 0. The van der Waals surface area contributed by atoms with Crippen LogP contribution in [-0.2, 0) is 6.42 Å². The summed E-state index contributed by atoms with van der Waals surface area (Å²) in [5.41, 5.74) is 0.877. The Kier molecular flexibility index (Phi) is 3.43. The number of Topliss-reactive ketones (excluding diaryl/α,β-unsaturated/α-hetero) is 1. The molecule has 1 heterocycles. The van der Waals surface area contributed by atoms with Crippen LogP contribution in [0.2, 0.25) is 0 Å². The van der Waals surface area contributed by atoms with Crippen LogP contribution >= 0.6 is 0 Å². The van der Waals surface area contributed by atoms with Crippen molar-refractivity contribution in [3.63, 3.8) is 0 Å². The molecule has 5 nitrogen and oxygen atoms in total. The zero-order valence-electron chi connectivity index (χ0n) is 9.41. The molecule has 0 aliphatic rings. The molecule has 0 amide bonds. The normalized spacial score (nSPS) is 10.0. The average molecular weight is 242 g/mol. The summed E-state index contributed by atoms with van der Waals surface area (Å²) >= 11 is 0. The zero-order valence-corrected chi connectivity index (χ0v) is 9.41. The largest absolute Gasteiger partial charge is 0.476 e. The van der Waals surface area contributed by atoms with E-state index in [-0.39, 0.29) is 23.6 Å². The number of nitrogens with zero attached hydrogens (tertiary/aromatic N) is 2. The fraction of sp³-hybridized carbons (Fsp3) is 0.0769. The lowest BCUT2D eigenvalue weighted by atomic mass is 10.1. The molecule has 18 heavy (non-hydrogen) atoms. The van der Waals surface area contributed by atoms with Crippen LogP contribution in [0.5, 0.6) is 0 Å². The van der Waals surface area contributed by atoms with Gasteiger partial charge < -0.3 is 5.11 Å². The van der Waals surface area contributed by atoms with E-state index in [0.29, 0.717) is 0 Å². The van der Waals surface area contributed by atoms with Crippen molar-refractivity contribution >= 4 is 11.8 Å². The third-order valence-electron chi connectivity index (χ3n) is 2.38. The predicted molar refractivity (Wildman–Crippen MR) is 63.5 cm³/mol. The molecule has 0 atom stereocenters. The number of hydrogen-bond acceptors (Lipinski definition) is 4. The second kappa shape index (κ2) is 5.18. The average Bonchev–Trinajstić information content (AvgIpc) is 2.40. The first-order valence-electron chi connectivity index (χ1n) is 5.31. The second-order valence-corrected chi connectivity index (χ2v) is 3.69. The van der Waals surface area contributed by atoms with Crippen LogP contribution in [0, 0.1) is 0 Å². The van der Waals surface area contributed by atoms with Gasteiger partial charge in [-0.25, -0.2) is 4.79 Å². The van der Waals surface area contributed by atoms with E-state index in [4.69, 9.17) is 5.11 Å². The van der Waals surface area contributed by atoms with Crippen molar-refractivity contribution in [2.45, 2.75) is 6.42 Å². The van der Waals surface area contributed by atoms with Gasteiger partial charge in [0.05, 0.1) is 0 Å². The number of carbonyl (C=O) groups excluding carboxylic acids is 1. The van der Waals surface area contributed by atoms with E-state index < -0.39 is 5.97 Å². The Balaban J connectivity index is 2.12. The number of rotatable bonds is 4. The van der Waals surface area contributed by atoms with Crippen molar-refractivity contribution in [2.24, 2.45) is 0 Å². The first-order chi connectivity index (χ1) is 8.66. The van der Waals surface area contributed by atoms with E-state index in [1.54, 1.807) is 0 Å². The van der Waals surface area contributed by atoms with Crippen LogP contribution in [0.25, 0.3) is 0 Å². The highest BCUT2D eigenvalue weighted by Gasteiger charge is 2.11. The Bertz CT molecular complexity index is 565. The second-order valence-electron chi connectivity index (χ2n) is 3.69. The van der Waals surface area contributed by atoms with Crippen LogP contribution in [0.15, 0.2) is 42.5 Å². The summed E-state index contributed by atoms with van der Waals surface area (Å²) in [6, 6.07) is 11.9. The molecule has 1 aromatic carbocycles.